The number of carbonyl (C=O) groups is 1. The lowest BCUT2D eigenvalue weighted by molar-refractivity contribution is 0.114. The summed E-state index contributed by atoms with van der Waals surface area (Å²) in [6.07, 6.45) is 7.25. The van der Waals surface area contributed by atoms with Crippen LogP contribution in [-0.4, -0.2) is 59.6 Å². The van der Waals surface area contributed by atoms with Crippen molar-refractivity contribution in [1.29, 1.82) is 0 Å². The molecule has 2 amide bonds. The van der Waals surface area contributed by atoms with Crippen LogP contribution in [0.1, 0.15) is 33.1 Å². The molecule has 2 rings (SSSR count). The minimum Gasteiger partial charge on any atom is -0.383 e. The van der Waals surface area contributed by atoms with Crippen LogP contribution in [0.15, 0.2) is 12.4 Å². The van der Waals surface area contributed by atoms with Gasteiger partial charge in [-0.25, -0.2) is 4.79 Å². The van der Waals surface area contributed by atoms with E-state index >= 15 is 0 Å². The van der Waals surface area contributed by atoms with E-state index < -0.39 is 0 Å². The zero-order chi connectivity index (χ0) is 16.7. The first-order chi connectivity index (χ1) is 11.1. The Morgan fingerprint density at radius 2 is 2.35 bits per heavy atom. The van der Waals surface area contributed by atoms with Crippen molar-refractivity contribution in [1.82, 2.24) is 20.0 Å². The van der Waals surface area contributed by atoms with Gasteiger partial charge in [-0.1, -0.05) is 6.42 Å². The number of rotatable bonds is 7. The quantitative estimate of drug-likeness (QED) is 0.804. The molecule has 0 aliphatic carbocycles. The molecule has 1 aromatic heterocycles. The Hall–Kier alpha value is -1.60. The molecule has 1 aromatic rings. The van der Waals surface area contributed by atoms with Crippen molar-refractivity contribution < 1.29 is 9.53 Å². The summed E-state index contributed by atoms with van der Waals surface area (Å²) in [4.78, 5) is 14.5. The molecule has 0 bridgehead atoms. The van der Waals surface area contributed by atoms with Gasteiger partial charge >= 0.3 is 6.03 Å². The Balaban J connectivity index is 1.72. The summed E-state index contributed by atoms with van der Waals surface area (Å²) in [5, 5.41) is 9.93. The molecule has 7 heteroatoms. The van der Waals surface area contributed by atoms with Gasteiger partial charge in [0.15, 0.2) is 0 Å². The zero-order valence-corrected chi connectivity index (χ0v) is 14.4. The van der Waals surface area contributed by atoms with Crippen LogP contribution in [0, 0.1) is 0 Å². The fourth-order valence-corrected chi connectivity index (χ4v) is 3.04. The molecule has 2 N–H and O–H groups in total. The second kappa shape index (κ2) is 8.88. The van der Waals surface area contributed by atoms with Crippen LogP contribution in [0.4, 0.5) is 10.5 Å². The number of hydrogen-bond donors (Lipinski definition) is 2. The molecule has 0 aromatic carbocycles. The molecule has 0 saturated carbocycles. The monoisotopic (exact) mass is 323 g/mol. The van der Waals surface area contributed by atoms with Crippen LogP contribution in [0.3, 0.4) is 0 Å². The van der Waals surface area contributed by atoms with Gasteiger partial charge < -0.3 is 15.4 Å². The van der Waals surface area contributed by atoms with E-state index in [1.54, 1.807) is 24.2 Å². The highest BCUT2D eigenvalue weighted by atomic mass is 16.5. The summed E-state index contributed by atoms with van der Waals surface area (Å²) < 4.78 is 6.75. The lowest BCUT2D eigenvalue weighted by Gasteiger charge is -2.38. The van der Waals surface area contributed by atoms with Gasteiger partial charge in [0, 0.05) is 31.9 Å². The van der Waals surface area contributed by atoms with E-state index in [0.717, 1.165) is 6.54 Å². The maximum absolute atomic E-state index is 12.0. The summed E-state index contributed by atoms with van der Waals surface area (Å²) in [7, 11) is 1.65. The van der Waals surface area contributed by atoms with Crippen molar-refractivity contribution in [3.05, 3.63) is 12.4 Å². The lowest BCUT2D eigenvalue weighted by atomic mass is 10.0. The number of hydrogen-bond acceptors (Lipinski definition) is 4. The number of nitrogens with zero attached hydrogens (tertiary/aromatic N) is 3. The van der Waals surface area contributed by atoms with Gasteiger partial charge in [-0.15, -0.1) is 0 Å². The van der Waals surface area contributed by atoms with E-state index in [-0.39, 0.29) is 6.03 Å². The van der Waals surface area contributed by atoms with Crippen molar-refractivity contribution in [2.45, 2.75) is 51.7 Å². The molecule has 1 saturated heterocycles. The molecule has 23 heavy (non-hydrogen) atoms. The Kier molecular flexibility index (Phi) is 6.85. The fraction of sp³-hybridized carbons (Fsp3) is 0.750. The molecular formula is C16H29N5O2. The Morgan fingerprint density at radius 3 is 3.09 bits per heavy atom. The average Bonchev–Trinajstić information content (AvgIpc) is 2.98. The van der Waals surface area contributed by atoms with E-state index in [1.807, 2.05) is 0 Å². The topological polar surface area (TPSA) is 71.4 Å². The van der Waals surface area contributed by atoms with Crippen LogP contribution >= 0.6 is 0 Å². The molecule has 7 nitrogen and oxygen atoms in total. The predicted molar refractivity (Wildman–Crippen MR) is 90.6 cm³/mol. The molecule has 1 fully saturated rings. The molecule has 0 unspecified atom stereocenters. The number of nitrogens with one attached hydrogen (secondary N) is 2. The van der Waals surface area contributed by atoms with Crippen LogP contribution in [-0.2, 0) is 11.3 Å². The van der Waals surface area contributed by atoms with E-state index in [0.29, 0.717) is 37.5 Å². The molecule has 0 radical (unpaired) electrons. The van der Waals surface area contributed by atoms with Gasteiger partial charge in [0.2, 0.25) is 0 Å². The number of methoxy groups -OCH3 is 1. The molecule has 2 atom stereocenters. The molecule has 1 aliphatic rings. The van der Waals surface area contributed by atoms with E-state index in [9.17, 15) is 4.79 Å². The van der Waals surface area contributed by atoms with Gasteiger partial charge in [0.1, 0.15) is 0 Å². The average molecular weight is 323 g/mol. The Morgan fingerprint density at radius 1 is 1.52 bits per heavy atom. The zero-order valence-electron chi connectivity index (χ0n) is 14.4. The van der Waals surface area contributed by atoms with Crippen molar-refractivity contribution >= 4 is 11.7 Å². The number of carbonyl (C=O) groups excluding carboxylic acids is 1. The number of urea groups is 1. The summed E-state index contributed by atoms with van der Waals surface area (Å²) in [6, 6.07) is 0.760. The highest BCUT2D eigenvalue weighted by Crippen LogP contribution is 2.18. The van der Waals surface area contributed by atoms with Crippen molar-refractivity contribution in [2.24, 2.45) is 0 Å². The van der Waals surface area contributed by atoms with E-state index in [1.165, 1.54) is 19.3 Å². The number of anilines is 1. The summed E-state index contributed by atoms with van der Waals surface area (Å²) >= 11 is 0. The highest BCUT2D eigenvalue weighted by Gasteiger charge is 2.23. The van der Waals surface area contributed by atoms with E-state index in [2.05, 4.69) is 34.5 Å². The smallest absolute Gasteiger partial charge is 0.319 e. The third-order valence-electron chi connectivity index (χ3n) is 4.39. The summed E-state index contributed by atoms with van der Waals surface area (Å²) in [6.45, 7) is 7.48. The summed E-state index contributed by atoms with van der Waals surface area (Å²) in [5.74, 6) is 0. The number of likely N-dealkylation sites (tertiary alicyclic amines) is 1. The molecular weight excluding hydrogens is 294 g/mol. The van der Waals surface area contributed by atoms with Crippen LogP contribution in [0.25, 0.3) is 0 Å². The van der Waals surface area contributed by atoms with Gasteiger partial charge in [-0.05, 0) is 33.2 Å². The molecule has 130 valence electrons. The van der Waals surface area contributed by atoms with Gasteiger partial charge in [0.25, 0.3) is 0 Å². The predicted octanol–water partition coefficient (Wildman–Crippen LogP) is 1.91. The van der Waals surface area contributed by atoms with Crippen molar-refractivity contribution in [3.8, 4) is 0 Å². The van der Waals surface area contributed by atoms with Gasteiger partial charge in [0.05, 0.1) is 25.0 Å². The summed E-state index contributed by atoms with van der Waals surface area (Å²) in [5.41, 5.74) is 0.692. The van der Waals surface area contributed by atoms with Crippen LogP contribution in [0.5, 0.6) is 0 Å². The maximum Gasteiger partial charge on any atom is 0.319 e. The molecule has 2 heterocycles. The molecule has 1 aliphatic heterocycles. The normalized spacial score (nSPS) is 20.2. The maximum atomic E-state index is 12.0. The van der Waals surface area contributed by atoms with Crippen molar-refractivity contribution in [2.75, 3.05) is 32.1 Å². The Labute approximate surface area is 138 Å². The third kappa shape index (κ3) is 5.51. The van der Waals surface area contributed by atoms with Gasteiger partial charge in [-0.2, -0.15) is 5.10 Å². The van der Waals surface area contributed by atoms with Gasteiger partial charge in [-0.3, -0.25) is 9.58 Å². The second-order valence-corrected chi connectivity index (χ2v) is 6.25. The first-order valence-electron chi connectivity index (χ1n) is 8.42. The first-order valence-corrected chi connectivity index (χ1v) is 8.42. The minimum atomic E-state index is -0.187. The first kappa shape index (κ1) is 17.7. The second-order valence-electron chi connectivity index (χ2n) is 6.25. The minimum absolute atomic E-state index is 0.187. The largest absolute Gasteiger partial charge is 0.383 e. The molecule has 0 spiro atoms. The van der Waals surface area contributed by atoms with Crippen LogP contribution in [0.2, 0.25) is 0 Å². The SMILES string of the molecule is COCCn1cc(NC(=O)NC[C@@H](C)N2CCCC[C@@H]2C)cn1. The standard InChI is InChI=1S/C16H29N5O2/c1-13-6-4-5-7-21(13)14(2)10-17-16(22)19-15-11-18-20(12-15)8-9-23-3/h11-14H,4-10H2,1-3H3,(H2,17,19,22)/t13-,14+/m0/s1. The number of ether oxygens (including phenoxy) is 1. The van der Waals surface area contributed by atoms with Crippen LogP contribution < -0.4 is 10.6 Å². The lowest BCUT2D eigenvalue weighted by Crippen LogP contribution is -2.49. The number of aromatic nitrogens is 2. The number of piperidine rings is 1. The van der Waals surface area contributed by atoms with E-state index in [4.69, 9.17) is 4.74 Å². The Bertz CT molecular complexity index is 491. The fourth-order valence-electron chi connectivity index (χ4n) is 3.04. The number of amides is 2. The third-order valence-corrected chi connectivity index (χ3v) is 4.39. The van der Waals surface area contributed by atoms with Crippen molar-refractivity contribution in [3.63, 3.8) is 0 Å². The highest BCUT2D eigenvalue weighted by molar-refractivity contribution is 5.88.